The molecule has 1 aromatic rings. The van der Waals surface area contributed by atoms with Crippen molar-refractivity contribution < 1.29 is 13.9 Å². The number of amides is 1. The number of hydrogen-bond acceptors (Lipinski definition) is 5. The van der Waals surface area contributed by atoms with Crippen molar-refractivity contribution in [3.63, 3.8) is 0 Å². The van der Waals surface area contributed by atoms with Gasteiger partial charge in [-0.2, -0.15) is 0 Å². The summed E-state index contributed by atoms with van der Waals surface area (Å²) in [6.45, 7) is 6.23. The molecule has 1 saturated heterocycles. The first-order valence-corrected chi connectivity index (χ1v) is 6.77. The molecule has 0 bridgehead atoms. The highest BCUT2D eigenvalue weighted by Gasteiger charge is 2.33. The molecule has 0 radical (unpaired) electrons. The first kappa shape index (κ1) is 14.0. The van der Waals surface area contributed by atoms with Gasteiger partial charge in [0.2, 0.25) is 11.8 Å². The van der Waals surface area contributed by atoms with Crippen molar-refractivity contribution in [1.29, 1.82) is 0 Å². The van der Waals surface area contributed by atoms with Crippen LogP contribution in [0.15, 0.2) is 10.6 Å². The van der Waals surface area contributed by atoms with Crippen LogP contribution in [0.1, 0.15) is 25.5 Å². The minimum absolute atomic E-state index is 0.0142. The molecule has 2 heterocycles. The fraction of sp³-hybridized carbons (Fsp3) is 0.692. The smallest absolute Gasteiger partial charge is 0.227 e. The van der Waals surface area contributed by atoms with Gasteiger partial charge in [-0.15, -0.1) is 0 Å². The molecule has 0 saturated carbocycles. The quantitative estimate of drug-likeness (QED) is 0.784. The monoisotopic (exact) mass is 267 g/mol. The molecule has 2 N–H and O–H groups in total. The zero-order valence-electron chi connectivity index (χ0n) is 11.4. The molecule has 2 rings (SSSR count). The first-order chi connectivity index (χ1) is 9.24. The lowest BCUT2D eigenvalue weighted by Gasteiger charge is -2.17. The van der Waals surface area contributed by atoms with Gasteiger partial charge in [-0.1, -0.05) is 13.8 Å². The summed E-state index contributed by atoms with van der Waals surface area (Å²) < 4.78 is 10.8. The number of ether oxygens (including phenoxy) is 1. The highest BCUT2D eigenvalue weighted by Crippen LogP contribution is 2.14. The third-order valence-corrected chi connectivity index (χ3v) is 3.25. The Kier molecular flexibility index (Phi) is 4.93. The molecule has 0 aromatic carbocycles. The highest BCUT2D eigenvalue weighted by molar-refractivity contribution is 5.79. The maximum Gasteiger partial charge on any atom is 0.227 e. The fourth-order valence-corrected chi connectivity index (χ4v) is 2.16. The van der Waals surface area contributed by atoms with Crippen molar-refractivity contribution in [3.8, 4) is 0 Å². The van der Waals surface area contributed by atoms with Crippen LogP contribution in [-0.2, 0) is 22.5 Å². The summed E-state index contributed by atoms with van der Waals surface area (Å²) in [5.41, 5.74) is 0. The van der Waals surface area contributed by atoms with Crippen LogP contribution in [-0.4, -0.2) is 36.7 Å². The van der Waals surface area contributed by atoms with E-state index >= 15 is 0 Å². The Balaban J connectivity index is 1.83. The summed E-state index contributed by atoms with van der Waals surface area (Å²) in [7, 11) is 0. The van der Waals surface area contributed by atoms with Gasteiger partial charge < -0.3 is 19.8 Å². The van der Waals surface area contributed by atoms with E-state index in [2.05, 4.69) is 15.6 Å². The molecule has 1 aliphatic rings. The van der Waals surface area contributed by atoms with Crippen molar-refractivity contribution >= 4 is 5.91 Å². The van der Waals surface area contributed by atoms with Crippen LogP contribution in [0.2, 0.25) is 0 Å². The molecule has 1 aromatic heterocycles. The lowest BCUT2D eigenvalue weighted by molar-refractivity contribution is -0.125. The Bertz CT molecular complexity index is 419. The second-order valence-corrected chi connectivity index (χ2v) is 4.60. The number of aromatic nitrogens is 1. The number of hydrogen-bond donors (Lipinski definition) is 2. The Morgan fingerprint density at radius 1 is 1.47 bits per heavy atom. The maximum atomic E-state index is 12.1. The molecule has 1 fully saturated rings. The molecule has 106 valence electrons. The van der Waals surface area contributed by atoms with Crippen LogP contribution in [0.25, 0.3) is 0 Å². The van der Waals surface area contributed by atoms with Crippen LogP contribution < -0.4 is 10.6 Å². The summed E-state index contributed by atoms with van der Waals surface area (Å²) >= 11 is 0. The van der Waals surface area contributed by atoms with Crippen LogP contribution in [0, 0.1) is 5.92 Å². The first-order valence-electron chi connectivity index (χ1n) is 6.77. The highest BCUT2D eigenvalue weighted by atomic mass is 16.5. The van der Waals surface area contributed by atoms with E-state index in [4.69, 9.17) is 9.15 Å². The van der Waals surface area contributed by atoms with Crippen molar-refractivity contribution in [2.45, 2.75) is 32.9 Å². The molecule has 6 heteroatoms. The topological polar surface area (TPSA) is 76.4 Å². The van der Waals surface area contributed by atoms with Gasteiger partial charge in [0.25, 0.3) is 0 Å². The van der Waals surface area contributed by atoms with E-state index in [1.807, 2.05) is 13.8 Å². The van der Waals surface area contributed by atoms with Gasteiger partial charge in [0, 0.05) is 12.5 Å². The number of carbonyl (C=O) groups excluding carboxylic acids is 1. The van der Waals surface area contributed by atoms with Crippen LogP contribution in [0.4, 0.5) is 0 Å². The number of nitrogens with one attached hydrogen (secondary N) is 2. The van der Waals surface area contributed by atoms with Crippen LogP contribution in [0.3, 0.4) is 0 Å². The molecule has 0 aliphatic carbocycles. The van der Waals surface area contributed by atoms with E-state index < -0.39 is 0 Å². The van der Waals surface area contributed by atoms with E-state index in [-0.39, 0.29) is 17.9 Å². The van der Waals surface area contributed by atoms with Gasteiger partial charge in [-0.05, 0) is 6.54 Å². The average Bonchev–Trinajstić information content (AvgIpc) is 3.05. The number of rotatable bonds is 6. The summed E-state index contributed by atoms with van der Waals surface area (Å²) in [5, 5.41) is 6.11. The molecule has 0 spiro atoms. The lowest BCUT2D eigenvalue weighted by Crippen LogP contribution is -2.43. The van der Waals surface area contributed by atoms with Crippen molar-refractivity contribution in [2.24, 2.45) is 5.92 Å². The standard InChI is InChI=1S/C13H21N3O3/c1-3-9-5-15-12(19-9)6-16-13(17)10-7-18-8-11(10)14-4-2/h5,10-11,14H,3-4,6-8H2,1-2H3,(H,16,17). The van der Waals surface area contributed by atoms with E-state index in [1.165, 1.54) is 0 Å². The molecule has 2 unspecified atom stereocenters. The Labute approximate surface area is 112 Å². The van der Waals surface area contributed by atoms with Gasteiger partial charge in [0.05, 0.1) is 31.9 Å². The maximum absolute atomic E-state index is 12.1. The van der Waals surface area contributed by atoms with Gasteiger partial charge in [0.15, 0.2) is 0 Å². The third kappa shape index (κ3) is 3.54. The number of carbonyl (C=O) groups is 1. The number of aryl methyl sites for hydroxylation is 1. The van der Waals surface area contributed by atoms with Crippen molar-refractivity contribution in [2.75, 3.05) is 19.8 Å². The van der Waals surface area contributed by atoms with E-state index in [0.717, 1.165) is 18.7 Å². The van der Waals surface area contributed by atoms with E-state index in [0.29, 0.717) is 25.6 Å². The van der Waals surface area contributed by atoms with Gasteiger partial charge in [-0.25, -0.2) is 4.98 Å². The van der Waals surface area contributed by atoms with Gasteiger partial charge in [-0.3, -0.25) is 4.79 Å². The molecule has 6 nitrogen and oxygen atoms in total. The summed E-state index contributed by atoms with van der Waals surface area (Å²) in [6, 6.07) is 0.0979. The number of oxazole rings is 1. The normalized spacial score (nSPS) is 22.6. The zero-order chi connectivity index (χ0) is 13.7. The second kappa shape index (κ2) is 6.68. The van der Waals surface area contributed by atoms with Crippen molar-refractivity contribution in [3.05, 3.63) is 17.8 Å². The molecular formula is C13H21N3O3. The Morgan fingerprint density at radius 3 is 3.00 bits per heavy atom. The minimum atomic E-state index is -0.138. The minimum Gasteiger partial charge on any atom is -0.444 e. The van der Waals surface area contributed by atoms with E-state index in [9.17, 15) is 4.79 Å². The molecule has 1 aliphatic heterocycles. The summed E-state index contributed by atoms with van der Waals surface area (Å²) in [5.74, 6) is 1.23. The second-order valence-electron chi connectivity index (χ2n) is 4.60. The van der Waals surface area contributed by atoms with Crippen LogP contribution in [0.5, 0.6) is 0 Å². The molecule has 1 amide bonds. The predicted molar refractivity (Wildman–Crippen MR) is 69.5 cm³/mol. The zero-order valence-corrected chi connectivity index (χ0v) is 11.4. The summed E-state index contributed by atoms with van der Waals surface area (Å²) in [6.07, 6.45) is 2.50. The molecular weight excluding hydrogens is 246 g/mol. The molecule has 19 heavy (non-hydrogen) atoms. The Morgan fingerprint density at radius 2 is 2.32 bits per heavy atom. The lowest BCUT2D eigenvalue weighted by atomic mass is 10.0. The van der Waals surface area contributed by atoms with Gasteiger partial charge >= 0.3 is 0 Å². The summed E-state index contributed by atoms with van der Waals surface area (Å²) in [4.78, 5) is 16.2. The van der Waals surface area contributed by atoms with E-state index in [1.54, 1.807) is 6.20 Å². The molecule has 2 atom stereocenters. The SMILES string of the molecule is CCNC1COCC1C(=O)NCc1ncc(CC)o1. The number of likely N-dealkylation sites (N-methyl/N-ethyl adjacent to an activating group) is 1. The van der Waals surface area contributed by atoms with Gasteiger partial charge in [0.1, 0.15) is 5.76 Å². The average molecular weight is 267 g/mol. The Hall–Kier alpha value is -1.40. The third-order valence-electron chi connectivity index (χ3n) is 3.25. The fourth-order valence-electron chi connectivity index (χ4n) is 2.16. The number of nitrogens with zero attached hydrogens (tertiary/aromatic N) is 1. The predicted octanol–water partition coefficient (Wildman–Crippen LogP) is 0.478. The van der Waals surface area contributed by atoms with Crippen molar-refractivity contribution in [1.82, 2.24) is 15.6 Å². The van der Waals surface area contributed by atoms with Crippen LogP contribution >= 0.6 is 0 Å². The largest absolute Gasteiger partial charge is 0.444 e.